The molecule has 4 nitrogen and oxygen atoms in total. The van der Waals surface area contributed by atoms with E-state index in [2.05, 4.69) is 160 Å². The molecule has 11 rings (SSSR count). The first kappa shape index (κ1) is 33.2. The van der Waals surface area contributed by atoms with Crippen molar-refractivity contribution in [3.63, 3.8) is 0 Å². The molecule has 5 heteroatoms. The van der Waals surface area contributed by atoms with Crippen molar-refractivity contribution in [2.24, 2.45) is 0 Å². The molecular formula is C51H40N4S. The van der Waals surface area contributed by atoms with E-state index in [1.807, 2.05) is 18.2 Å². The van der Waals surface area contributed by atoms with Crippen LogP contribution in [0.3, 0.4) is 0 Å². The van der Waals surface area contributed by atoms with E-state index < -0.39 is 0 Å². The van der Waals surface area contributed by atoms with Gasteiger partial charge >= 0.3 is 0 Å². The first-order valence-corrected chi connectivity index (χ1v) is 20.4. The molecule has 3 aromatic heterocycles. The molecule has 3 heterocycles. The molecule has 0 spiro atoms. The Kier molecular flexibility index (Phi) is 7.21. The summed E-state index contributed by atoms with van der Waals surface area (Å²) >= 11 is 1.80. The summed E-state index contributed by atoms with van der Waals surface area (Å²) in [6.45, 7) is 9.70. The predicted molar refractivity (Wildman–Crippen MR) is 236 cm³/mol. The van der Waals surface area contributed by atoms with Crippen LogP contribution in [-0.4, -0.2) is 19.5 Å². The van der Waals surface area contributed by atoms with E-state index in [1.54, 1.807) is 11.3 Å². The average Bonchev–Trinajstić information content (AvgIpc) is 3.79. The molecule has 56 heavy (non-hydrogen) atoms. The Bertz CT molecular complexity index is 3190. The van der Waals surface area contributed by atoms with Crippen molar-refractivity contribution in [2.45, 2.75) is 51.4 Å². The van der Waals surface area contributed by atoms with Crippen LogP contribution in [0.5, 0.6) is 0 Å². The van der Waals surface area contributed by atoms with Gasteiger partial charge in [-0.2, -0.15) is 0 Å². The summed E-state index contributed by atoms with van der Waals surface area (Å²) in [5.41, 5.74) is 9.68. The summed E-state index contributed by atoms with van der Waals surface area (Å²) in [7, 11) is 0. The van der Waals surface area contributed by atoms with Crippen LogP contribution in [0.2, 0.25) is 0 Å². The molecule has 0 fully saturated rings. The standard InChI is InChI=1S/C51H40N4S/c1-50(2)29-30-51(3,4)44-40(50)27-26-38-43-35-16-9-8-13-31(35)23-28-41(43)55(45(38)44)34-24-21-33(22-25-34)48-52-47(32-14-6-5-7-15-32)53-49(54-48)39-19-12-18-37-36-17-10-11-20-42(36)56-46(37)39/h5-28H,29-30H2,1-4H3. The number of hydrogen-bond donors (Lipinski definition) is 0. The zero-order valence-electron chi connectivity index (χ0n) is 32.0. The molecular weight excluding hydrogens is 701 g/mol. The minimum absolute atomic E-state index is 0.0264. The largest absolute Gasteiger partial charge is 0.309 e. The van der Waals surface area contributed by atoms with Gasteiger partial charge in [0.2, 0.25) is 0 Å². The van der Waals surface area contributed by atoms with Crippen molar-refractivity contribution < 1.29 is 0 Å². The lowest BCUT2D eigenvalue weighted by atomic mass is 9.62. The van der Waals surface area contributed by atoms with Crippen LogP contribution in [0.1, 0.15) is 51.7 Å². The highest BCUT2D eigenvalue weighted by atomic mass is 32.1. The highest BCUT2D eigenvalue weighted by Gasteiger charge is 2.39. The fraction of sp³-hybridized carbons (Fsp3) is 0.157. The molecule has 270 valence electrons. The van der Waals surface area contributed by atoms with Crippen LogP contribution >= 0.6 is 11.3 Å². The fourth-order valence-electron chi connectivity index (χ4n) is 9.30. The molecule has 0 N–H and O–H groups in total. The van der Waals surface area contributed by atoms with Crippen LogP contribution in [0, 0.1) is 0 Å². The highest BCUT2D eigenvalue weighted by molar-refractivity contribution is 7.26. The van der Waals surface area contributed by atoms with E-state index in [1.165, 1.54) is 70.3 Å². The zero-order valence-corrected chi connectivity index (χ0v) is 32.8. The van der Waals surface area contributed by atoms with Crippen LogP contribution < -0.4 is 0 Å². The van der Waals surface area contributed by atoms with E-state index in [-0.39, 0.29) is 10.8 Å². The number of hydrogen-bond acceptors (Lipinski definition) is 4. The molecule has 1 aliphatic rings. The van der Waals surface area contributed by atoms with Crippen LogP contribution in [0.4, 0.5) is 0 Å². The second-order valence-electron chi connectivity index (χ2n) is 16.7. The Morgan fingerprint density at radius 1 is 0.518 bits per heavy atom. The molecule has 0 atom stereocenters. The Hall–Kier alpha value is -6.17. The van der Waals surface area contributed by atoms with Gasteiger partial charge in [-0.25, -0.2) is 15.0 Å². The van der Waals surface area contributed by atoms with Gasteiger partial charge in [0.25, 0.3) is 0 Å². The summed E-state index contributed by atoms with van der Waals surface area (Å²) in [6, 6.07) is 52.4. The van der Waals surface area contributed by atoms with Crippen LogP contribution in [0.15, 0.2) is 146 Å². The first-order chi connectivity index (χ1) is 27.2. The zero-order chi connectivity index (χ0) is 37.8. The summed E-state index contributed by atoms with van der Waals surface area (Å²) in [5.74, 6) is 2.01. The molecule has 0 bridgehead atoms. The Labute approximate surface area is 330 Å². The molecule has 0 saturated carbocycles. The van der Waals surface area contributed by atoms with Gasteiger partial charge in [0.15, 0.2) is 17.5 Å². The Balaban J connectivity index is 1.13. The van der Waals surface area contributed by atoms with Crippen molar-refractivity contribution in [3.05, 3.63) is 157 Å². The third-order valence-corrected chi connectivity index (χ3v) is 13.5. The van der Waals surface area contributed by atoms with Crippen molar-refractivity contribution in [1.29, 1.82) is 0 Å². The normalized spacial score (nSPS) is 14.9. The minimum atomic E-state index is 0.0264. The highest BCUT2D eigenvalue weighted by Crippen LogP contribution is 2.51. The molecule has 0 unspecified atom stereocenters. The van der Waals surface area contributed by atoms with Gasteiger partial charge in [0.1, 0.15) is 0 Å². The molecule has 10 aromatic rings. The van der Waals surface area contributed by atoms with Crippen LogP contribution in [-0.2, 0) is 10.8 Å². The molecule has 0 amide bonds. The van der Waals surface area contributed by atoms with E-state index in [4.69, 9.17) is 15.0 Å². The van der Waals surface area contributed by atoms with Crippen molar-refractivity contribution in [3.8, 4) is 39.9 Å². The van der Waals surface area contributed by atoms with Gasteiger partial charge < -0.3 is 4.57 Å². The lowest BCUT2D eigenvalue weighted by molar-refractivity contribution is 0.334. The number of thiophene rings is 1. The second-order valence-corrected chi connectivity index (χ2v) is 17.7. The molecule has 1 aliphatic carbocycles. The lowest BCUT2D eigenvalue weighted by Gasteiger charge is -2.42. The summed E-state index contributed by atoms with van der Waals surface area (Å²) in [4.78, 5) is 15.4. The Morgan fingerprint density at radius 2 is 1.18 bits per heavy atom. The summed E-state index contributed by atoms with van der Waals surface area (Å²) in [5, 5.41) is 7.66. The monoisotopic (exact) mass is 740 g/mol. The third kappa shape index (κ3) is 5.00. The maximum absolute atomic E-state index is 5.22. The van der Waals surface area contributed by atoms with E-state index in [0.29, 0.717) is 17.5 Å². The van der Waals surface area contributed by atoms with Gasteiger partial charge in [-0.1, -0.05) is 131 Å². The molecule has 0 radical (unpaired) electrons. The van der Waals surface area contributed by atoms with Gasteiger partial charge in [-0.3, -0.25) is 0 Å². The maximum atomic E-state index is 5.22. The summed E-state index contributed by atoms with van der Waals surface area (Å²) < 4.78 is 4.97. The van der Waals surface area contributed by atoms with Gasteiger partial charge in [0.05, 0.1) is 11.0 Å². The Morgan fingerprint density at radius 3 is 1.98 bits per heavy atom. The fourth-order valence-corrected chi connectivity index (χ4v) is 10.5. The van der Waals surface area contributed by atoms with Crippen LogP contribution in [0.25, 0.3) is 92.6 Å². The molecule has 0 aliphatic heterocycles. The number of nitrogens with zero attached hydrogens (tertiary/aromatic N) is 4. The number of fused-ring (bicyclic) bond motifs is 10. The van der Waals surface area contributed by atoms with Gasteiger partial charge in [0, 0.05) is 53.3 Å². The number of aromatic nitrogens is 4. The van der Waals surface area contributed by atoms with Gasteiger partial charge in [-0.15, -0.1) is 11.3 Å². The van der Waals surface area contributed by atoms with E-state index in [9.17, 15) is 0 Å². The van der Waals surface area contributed by atoms with Gasteiger partial charge in [-0.05, 0) is 88.0 Å². The minimum Gasteiger partial charge on any atom is -0.309 e. The quantitative estimate of drug-likeness (QED) is 0.180. The lowest BCUT2D eigenvalue weighted by Crippen LogP contribution is -2.34. The topological polar surface area (TPSA) is 43.6 Å². The van der Waals surface area contributed by atoms with E-state index >= 15 is 0 Å². The third-order valence-electron chi connectivity index (χ3n) is 12.3. The smallest absolute Gasteiger partial charge is 0.165 e. The summed E-state index contributed by atoms with van der Waals surface area (Å²) in [6.07, 6.45) is 2.32. The molecule has 7 aromatic carbocycles. The second kappa shape index (κ2) is 12.2. The molecule has 0 saturated heterocycles. The predicted octanol–water partition coefficient (Wildman–Crippen LogP) is 13.8. The van der Waals surface area contributed by atoms with Crippen molar-refractivity contribution in [1.82, 2.24) is 19.5 Å². The number of rotatable bonds is 4. The first-order valence-electron chi connectivity index (χ1n) is 19.6. The van der Waals surface area contributed by atoms with Crippen molar-refractivity contribution in [2.75, 3.05) is 0 Å². The van der Waals surface area contributed by atoms with E-state index in [0.717, 1.165) is 28.8 Å². The number of benzene rings is 7. The SMILES string of the molecule is CC1(C)CCC(C)(C)c2c1ccc1c3c4ccccc4ccc3n(-c3ccc(-c4nc(-c5ccccc5)nc(-c5cccc6c5sc5ccccc56)n4)cc3)c21. The average molecular weight is 741 g/mol. The maximum Gasteiger partial charge on any atom is 0.165 e. The van der Waals surface area contributed by atoms with Crippen molar-refractivity contribution >= 4 is 64.1 Å².